The SMILES string of the molecule is CCN(C(C)=O)c1nc(CNc2cccc(F)c2F)cs1. The van der Waals surface area contributed by atoms with Crippen LogP contribution in [0.2, 0.25) is 0 Å². The predicted octanol–water partition coefficient (Wildman–Crippen LogP) is 3.41. The number of benzene rings is 1. The Balaban J connectivity index is 2.06. The summed E-state index contributed by atoms with van der Waals surface area (Å²) < 4.78 is 26.6. The Labute approximate surface area is 125 Å². The van der Waals surface area contributed by atoms with Crippen LogP contribution < -0.4 is 10.2 Å². The van der Waals surface area contributed by atoms with Crippen LogP contribution in [-0.4, -0.2) is 17.4 Å². The van der Waals surface area contributed by atoms with Gasteiger partial charge in [-0.1, -0.05) is 6.07 Å². The van der Waals surface area contributed by atoms with Gasteiger partial charge in [0.25, 0.3) is 0 Å². The zero-order valence-corrected chi connectivity index (χ0v) is 12.5. The van der Waals surface area contributed by atoms with Gasteiger partial charge in [-0.05, 0) is 19.1 Å². The number of nitrogens with one attached hydrogen (secondary N) is 1. The number of thiazole rings is 1. The van der Waals surface area contributed by atoms with Crippen molar-refractivity contribution in [2.45, 2.75) is 20.4 Å². The van der Waals surface area contributed by atoms with Gasteiger partial charge in [0, 0.05) is 18.8 Å². The van der Waals surface area contributed by atoms with Crippen LogP contribution in [-0.2, 0) is 11.3 Å². The highest BCUT2D eigenvalue weighted by Crippen LogP contribution is 2.22. The second-order valence-electron chi connectivity index (χ2n) is 4.34. The molecular weight excluding hydrogens is 296 g/mol. The van der Waals surface area contributed by atoms with Crippen molar-refractivity contribution in [3.8, 4) is 0 Å². The molecule has 1 heterocycles. The van der Waals surface area contributed by atoms with E-state index in [1.54, 1.807) is 10.3 Å². The third-order valence-corrected chi connectivity index (χ3v) is 3.79. The largest absolute Gasteiger partial charge is 0.377 e. The highest BCUT2D eigenvalue weighted by molar-refractivity contribution is 7.14. The van der Waals surface area contributed by atoms with E-state index in [1.807, 2.05) is 6.92 Å². The fraction of sp³-hybridized carbons (Fsp3) is 0.286. The topological polar surface area (TPSA) is 45.2 Å². The first kappa shape index (κ1) is 15.4. The molecule has 4 nitrogen and oxygen atoms in total. The number of carbonyl (C=O) groups is 1. The van der Waals surface area contributed by atoms with Crippen molar-refractivity contribution in [2.24, 2.45) is 0 Å². The third kappa shape index (κ3) is 3.55. The quantitative estimate of drug-likeness (QED) is 0.920. The second-order valence-corrected chi connectivity index (χ2v) is 5.18. The van der Waals surface area contributed by atoms with Gasteiger partial charge in [-0.2, -0.15) is 0 Å². The molecule has 21 heavy (non-hydrogen) atoms. The van der Waals surface area contributed by atoms with Gasteiger partial charge in [0.1, 0.15) is 0 Å². The van der Waals surface area contributed by atoms with E-state index < -0.39 is 11.6 Å². The van der Waals surface area contributed by atoms with Crippen LogP contribution in [0, 0.1) is 11.6 Å². The molecule has 2 aromatic rings. The number of rotatable bonds is 5. The highest BCUT2D eigenvalue weighted by atomic mass is 32.1. The van der Waals surface area contributed by atoms with Gasteiger partial charge in [0.15, 0.2) is 16.8 Å². The van der Waals surface area contributed by atoms with Gasteiger partial charge in [0.2, 0.25) is 5.91 Å². The summed E-state index contributed by atoms with van der Waals surface area (Å²) in [5.74, 6) is -1.89. The molecule has 1 amide bonds. The molecule has 1 aromatic heterocycles. The molecule has 0 aliphatic carbocycles. The smallest absolute Gasteiger partial charge is 0.225 e. The van der Waals surface area contributed by atoms with E-state index in [-0.39, 0.29) is 18.1 Å². The maximum Gasteiger partial charge on any atom is 0.225 e. The normalized spacial score (nSPS) is 10.5. The number of anilines is 2. The Bertz CT molecular complexity index is 645. The average molecular weight is 311 g/mol. The van der Waals surface area contributed by atoms with Crippen molar-refractivity contribution in [1.29, 1.82) is 0 Å². The molecule has 0 unspecified atom stereocenters. The lowest BCUT2D eigenvalue weighted by Gasteiger charge is -2.14. The minimum Gasteiger partial charge on any atom is -0.377 e. The number of amides is 1. The summed E-state index contributed by atoms with van der Waals surface area (Å²) in [5, 5.41) is 5.18. The second kappa shape index (κ2) is 6.62. The van der Waals surface area contributed by atoms with Crippen LogP contribution in [0.25, 0.3) is 0 Å². The van der Waals surface area contributed by atoms with Crippen LogP contribution in [0.4, 0.5) is 19.6 Å². The van der Waals surface area contributed by atoms with E-state index in [1.165, 1.54) is 30.4 Å². The van der Waals surface area contributed by atoms with E-state index in [4.69, 9.17) is 0 Å². The zero-order chi connectivity index (χ0) is 15.4. The number of aromatic nitrogens is 1. The molecular formula is C14H15F2N3OS. The number of hydrogen-bond acceptors (Lipinski definition) is 4. The highest BCUT2D eigenvalue weighted by Gasteiger charge is 2.14. The van der Waals surface area contributed by atoms with Gasteiger partial charge >= 0.3 is 0 Å². The van der Waals surface area contributed by atoms with Crippen molar-refractivity contribution in [1.82, 2.24) is 4.98 Å². The molecule has 0 atom stereocenters. The Kier molecular flexibility index (Phi) is 4.85. The molecule has 0 saturated carbocycles. The summed E-state index contributed by atoms with van der Waals surface area (Å²) in [6, 6.07) is 3.95. The Morgan fingerprint density at radius 2 is 2.19 bits per heavy atom. The van der Waals surface area contributed by atoms with Crippen LogP contribution in [0.1, 0.15) is 19.5 Å². The summed E-state index contributed by atoms with van der Waals surface area (Å²) in [6.07, 6.45) is 0. The monoisotopic (exact) mass is 311 g/mol. The first-order chi connectivity index (χ1) is 10.0. The minimum absolute atomic E-state index is 0.0810. The zero-order valence-electron chi connectivity index (χ0n) is 11.7. The van der Waals surface area contributed by atoms with Gasteiger partial charge in [-0.15, -0.1) is 11.3 Å². The first-order valence-electron chi connectivity index (χ1n) is 6.43. The lowest BCUT2D eigenvalue weighted by molar-refractivity contribution is -0.116. The van der Waals surface area contributed by atoms with Crippen molar-refractivity contribution < 1.29 is 13.6 Å². The van der Waals surface area contributed by atoms with Gasteiger partial charge < -0.3 is 5.32 Å². The molecule has 0 fully saturated rings. The summed E-state index contributed by atoms with van der Waals surface area (Å²) in [6.45, 7) is 4.13. The number of nitrogens with zero attached hydrogens (tertiary/aromatic N) is 2. The number of carbonyl (C=O) groups excluding carboxylic acids is 1. The number of hydrogen-bond donors (Lipinski definition) is 1. The Hall–Kier alpha value is -2.02. The fourth-order valence-electron chi connectivity index (χ4n) is 1.82. The van der Waals surface area contributed by atoms with Crippen molar-refractivity contribution in [3.63, 3.8) is 0 Å². The van der Waals surface area contributed by atoms with E-state index in [0.29, 0.717) is 17.4 Å². The molecule has 0 aliphatic heterocycles. The maximum absolute atomic E-state index is 13.5. The standard InChI is InChI=1S/C14H15F2N3OS/c1-3-19(9(2)20)14-18-10(8-21-14)7-17-12-6-4-5-11(15)13(12)16/h4-6,8,17H,3,7H2,1-2H3. The summed E-state index contributed by atoms with van der Waals surface area (Å²) in [5.41, 5.74) is 0.752. The molecule has 0 spiro atoms. The summed E-state index contributed by atoms with van der Waals surface area (Å²) >= 11 is 1.34. The molecule has 112 valence electrons. The van der Waals surface area contributed by atoms with E-state index in [0.717, 1.165) is 6.07 Å². The van der Waals surface area contributed by atoms with Crippen LogP contribution in [0.5, 0.6) is 0 Å². The van der Waals surface area contributed by atoms with Crippen LogP contribution in [0.3, 0.4) is 0 Å². The Morgan fingerprint density at radius 1 is 1.43 bits per heavy atom. The predicted molar refractivity (Wildman–Crippen MR) is 79.5 cm³/mol. The molecule has 0 saturated heterocycles. The minimum atomic E-state index is -0.910. The lowest BCUT2D eigenvalue weighted by Crippen LogP contribution is -2.27. The summed E-state index contributed by atoms with van der Waals surface area (Å²) in [7, 11) is 0. The van der Waals surface area contributed by atoms with E-state index in [9.17, 15) is 13.6 Å². The van der Waals surface area contributed by atoms with Crippen molar-refractivity contribution in [2.75, 3.05) is 16.8 Å². The molecule has 2 rings (SSSR count). The molecule has 0 radical (unpaired) electrons. The molecule has 0 aliphatic rings. The lowest BCUT2D eigenvalue weighted by atomic mass is 10.3. The first-order valence-corrected chi connectivity index (χ1v) is 7.31. The van der Waals surface area contributed by atoms with E-state index in [2.05, 4.69) is 10.3 Å². The van der Waals surface area contributed by atoms with Crippen LogP contribution >= 0.6 is 11.3 Å². The van der Waals surface area contributed by atoms with Gasteiger partial charge in [-0.25, -0.2) is 13.8 Å². The molecule has 1 aromatic carbocycles. The maximum atomic E-state index is 13.5. The van der Waals surface area contributed by atoms with Crippen molar-refractivity contribution in [3.05, 3.63) is 40.9 Å². The fourth-order valence-corrected chi connectivity index (χ4v) is 2.75. The Morgan fingerprint density at radius 3 is 2.86 bits per heavy atom. The van der Waals surface area contributed by atoms with Gasteiger partial charge in [-0.3, -0.25) is 9.69 Å². The molecule has 0 bridgehead atoms. The third-order valence-electron chi connectivity index (χ3n) is 2.88. The van der Waals surface area contributed by atoms with Crippen molar-refractivity contribution >= 4 is 28.1 Å². The molecule has 7 heteroatoms. The van der Waals surface area contributed by atoms with Gasteiger partial charge in [0.05, 0.1) is 17.9 Å². The van der Waals surface area contributed by atoms with Crippen LogP contribution in [0.15, 0.2) is 23.6 Å². The number of halogens is 2. The molecule has 1 N–H and O–H groups in total. The average Bonchev–Trinajstić information content (AvgIpc) is 2.89. The summed E-state index contributed by atoms with van der Waals surface area (Å²) in [4.78, 5) is 17.3. The van der Waals surface area contributed by atoms with E-state index >= 15 is 0 Å².